The van der Waals surface area contributed by atoms with Gasteiger partial charge in [-0.2, -0.15) is 0 Å². The van der Waals surface area contributed by atoms with Crippen molar-refractivity contribution in [2.75, 3.05) is 19.7 Å². The second kappa shape index (κ2) is 6.28. The quantitative estimate of drug-likeness (QED) is 0.654. The Hall–Kier alpha value is -1.71. The van der Waals surface area contributed by atoms with Gasteiger partial charge in [-0.15, -0.1) is 0 Å². The zero-order valence-electron chi connectivity index (χ0n) is 10.9. The molecular weight excluding hydrogens is 226 g/mol. The molecule has 0 amide bonds. The van der Waals surface area contributed by atoms with Crippen molar-refractivity contribution in [3.05, 3.63) is 29.8 Å². The molecule has 0 saturated carbocycles. The third-order valence-corrected chi connectivity index (χ3v) is 3.11. The van der Waals surface area contributed by atoms with Crippen molar-refractivity contribution >= 4 is 5.96 Å². The molecule has 0 aromatic heterocycles. The number of ether oxygens (including phenoxy) is 1. The molecule has 2 rings (SSSR count). The monoisotopic (exact) mass is 247 g/mol. The lowest BCUT2D eigenvalue weighted by atomic mass is 10.2. The van der Waals surface area contributed by atoms with Gasteiger partial charge in [-0.3, -0.25) is 0 Å². The number of nitrogens with zero attached hydrogens (tertiary/aromatic N) is 2. The van der Waals surface area contributed by atoms with E-state index in [2.05, 4.69) is 9.89 Å². The number of benzene rings is 1. The van der Waals surface area contributed by atoms with Gasteiger partial charge >= 0.3 is 0 Å². The molecule has 4 heteroatoms. The van der Waals surface area contributed by atoms with Crippen LogP contribution in [0.25, 0.3) is 0 Å². The summed E-state index contributed by atoms with van der Waals surface area (Å²) in [7, 11) is 0. The first kappa shape index (κ1) is 12.7. The van der Waals surface area contributed by atoms with E-state index >= 15 is 0 Å². The zero-order valence-corrected chi connectivity index (χ0v) is 10.9. The van der Waals surface area contributed by atoms with E-state index in [0.29, 0.717) is 19.1 Å². The predicted molar refractivity (Wildman–Crippen MR) is 73.7 cm³/mol. The third-order valence-electron chi connectivity index (χ3n) is 3.11. The molecule has 1 saturated heterocycles. The Labute approximate surface area is 108 Å². The summed E-state index contributed by atoms with van der Waals surface area (Å²) in [6.07, 6.45) is 2.43. The molecule has 1 fully saturated rings. The average Bonchev–Trinajstić information content (AvgIpc) is 2.92. The van der Waals surface area contributed by atoms with Gasteiger partial charge in [0.05, 0.1) is 13.2 Å². The summed E-state index contributed by atoms with van der Waals surface area (Å²) in [6.45, 7) is 5.30. The van der Waals surface area contributed by atoms with Crippen LogP contribution in [0.2, 0.25) is 0 Å². The molecule has 18 heavy (non-hydrogen) atoms. The number of rotatable bonds is 4. The van der Waals surface area contributed by atoms with E-state index in [1.54, 1.807) is 0 Å². The Bertz CT molecular complexity index is 411. The summed E-state index contributed by atoms with van der Waals surface area (Å²) in [5, 5.41) is 0. The van der Waals surface area contributed by atoms with Crippen LogP contribution >= 0.6 is 0 Å². The first-order valence-corrected chi connectivity index (χ1v) is 6.57. The van der Waals surface area contributed by atoms with Crippen LogP contribution in [0, 0.1) is 0 Å². The van der Waals surface area contributed by atoms with Gasteiger partial charge in [0.15, 0.2) is 5.96 Å². The molecule has 98 valence electrons. The van der Waals surface area contributed by atoms with Crippen LogP contribution in [0.4, 0.5) is 0 Å². The molecular formula is C14H21N3O. The van der Waals surface area contributed by atoms with Gasteiger partial charge in [-0.05, 0) is 25.8 Å². The van der Waals surface area contributed by atoms with Crippen LogP contribution in [-0.2, 0) is 6.54 Å². The van der Waals surface area contributed by atoms with Crippen LogP contribution < -0.4 is 10.5 Å². The first-order chi connectivity index (χ1) is 8.81. The van der Waals surface area contributed by atoms with E-state index < -0.39 is 0 Å². The maximum absolute atomic E-state index is 5.99. The second-order valence-corrected chi connectivity index (χ2v) is 4.41. The van der Waals surface area contributed by atoms with Gasteiger partial charge in [0.25, 0.3) is 0 Å². The highest BCUT2D eigenvalue weighted by Gasteiger charge is 2.13. The molecule has 0 bridgehead atoms. The predicted octanol–water partition coefficient (Wildman–Crippen LogP) is 2.00. The van der Waals surface area contributed by atoms with Crippen LogP contribution in [0.15, 0.2) is 29.3 Å². The van der Waals surface area contributed by atoms with E-state index in [-0.39, 0.29) is 0 Å². The minimum Gasteiger partial charge on any atom is -0.494 e. The molecule has 1 aliphatic heterocycles. The fourth-order valence-electron chi connectivity index (χ4n) is 2.14. The summed E-state index contributed by atoms with van der Waals surface area (Å²) in [5.74, 6) is 1.55. The summed E-state index contributed by atoms with van der Waals surface area (Å²) in [5.41, 5.74) is 7.07. The molecule has 0 spiro atoms. The number of guanidine groups is 1. The highest BCUT2D eigenvalue weighted by atomic mass is 16.5. The molecule has 2 N–H and O–H groups in total. The first-order valence-electron chi connectivity index (χ1n) is 6.57. The minimum absolute atomic E-state index is 0.582. The van der Waals surface area contributed by atoms with E-state index in [0.717, 1.165) is 24.4 Å². The van der Waals surface area contributed by atoms with Crippen molar-refractivity contribution < 1.29 is 4.74 Å². The Morgan fingerprint density at radius 2 is 2.06 bits per heavy atom. The number of aliphatic imine (C=N–C) groups is 1. The number of nitrogens with two attached hydrogens (primary N) is 1. The van der Waals surface area contributed by atoms with Gasteiger partial charge in [-0.1, -0.05) is 18.2 Å². The maximum atomic E-state index is 5.99. The number of likely N-dealkylation sites (tertiary alicyclic amines) is 1. The summed E-state index contributed by atoms with van der Waals surface area (Å²) in [4.78, 5) is 6.60. The van der Waals surface area contributed by atoms with E-state index in [9.17, 15) is 0 Å². The molecule has 1 aromatic rings. The molecule has 1 aromatic carbocycles. The van der Waals surface area contributed by atoms with Crippen molar-refractivity contribution in [2.24, 2.45) is 10.7 Å². The summed E-state index contributed by atoms with van der Waals surface area (Å²) < 4.78 is 5.57. The molecule has 0 aliphatic carbocycles. The average molecular weight is 247 g/mol. The number of para-hydroxylation sites is 1. The van der Waals surface area contributed by atoms with Crippen molar-refractivity contribution in [1.29, 1.82) is 0 Å². The van der Waals surface area contributed by atoms with Gasteiger partial charge in [-0.25, -0.2) is 4.99 Å². The number of hydrogen-bond acceptors (Lipinski definition) is 2. The highest BCUT2D eigenvalue weighted by Crippen LogP contribution is 2.19. The van der Waals surface area contributed by atoms with Gasteiger partial charge in [0.1, 0.15) is 5.75 Å². The van der Waals surface area contributed by atoms with Crippen molar-refractivity contribution in [1.82, 2.24) is 4.90 Å². The lowest BCUT2D eigenvalue weighted by Gasteiger charge is -2.16. The largest absolute Gasteiger partial charge is 0.494 e. The van der Waals surface area contributed by atoms with Crippen LogP contribution in [0.5, 0.6) is 5.75 Å². The Balaban J connectivity index is 2.02. The molecule has 0 unspecified atom stereocenters. The standard InChI is InChI=1S/C14H21N3O/c1-2-18-13-8-4-3-7-12(13)11-16-14(15)17-9-5-6-10-17/h3-4,7-8H,2,5-6,9-11H2,1H3,(H2,15,16). The van der Waals surface area contributed by atoms with Crippen LogP contribution in [0.3, 0.4) is 0 Å². The molecule has 0 atom stereocenters. The normalized spacial score (nSPS) is 16.1. The van der Waals surface area contributed by atoms with E-state index in [1.165, 1.54) is 12.8 Å². The van der Waals surface area contributed by atoms with Crippen LogP contribution in [0.1, 0.15) is 25.3 Å². The highest BCUT2D eigenvalue weighted by molar-refractivity contribution is 5.78. The molecule has 1 aliphatic rings. The van der Waals surface area contributed by atoms with Gasteiger partial charge in [0.2, 0.25) is 0 Å². The zero-order chi connectivity index (χ0) is 12.8. The Morgan fingerprint density at radius 3 is 2.78 bits per heavy atom. The third kappa shape index (κ3) is 3.15. The number of hydrogen-bond donors (Lipinski definition) is 1. The van der Waals surface area contributed by atoms with Gasteiger partial charge < -0.3 is 15.4 Å². The summed E-state index contributed by atoms with van der Waals surface area (Å²) in [6, 6.07) is 7.98. The summed E-state index contributed by atoms with van der Waals surface area (Å²) >= 11 is 0. The second-order valence-electron chi connectivity index (χ2n) is 4.41. The molecule has 0 radical (unpaired) electrons. The fraction of sp³-hybridized carbons (Fsp3) is 0.500. The lowest BCUT2D eigenvalue weighted by Crippen LogP contribution is -2.34. The molecule has 1 heterocycles. The Morgan fingerprint density at radius 1 is 1.33 bits per heavy atom. The topological polar surface area (TPSA) is 50.9 Å². The van der Waals surface area contributed by atoms with E-state index in [1.807, 2.05) is 31.2 Å². The fourth-order valence-corrected chi connectivity index (χ4v) is 2.14. The van der Waals surface area contributed by atoms with Gasteiger partial charge in [0, 0.05) is 18.7 Å². The Kier molecular flexibility index (Phi) is 4.45. The SMILES string of the molecule is CCOc1ccccc1CN=C(N)N1CCCC1. The maximum Gasteiger partial charge on any atom is 0.191 e. The van der Waals surface area contributed by atoms with Crippen molar-refractivity contribution in [3.8, 4) is 5.75 Å². The minimum atomic E-state index is 0.582. The van der Waals surface area contributed by atoms with E-state index in [4.69, 9.17) is 10.5 Å². The van der Waals surface area contributed by atoms with Crippen molar-refractivity contribution in [3.63, 3.8) is 0 Å². The lowest BCUT2D eigenvalue weighted by molar-refractivity contribution is 0.336. The van der Waals surface area contributed by atoms with Crippen molar-refractivity contribution in [2.45, 2.75) is 26.3 Å². The smallest absolute Gasteiger partial charge is 0.191 e. The molecule has 4 nitrogen and oxygen atoms in total. The van der Waals surface area contributed by atoms with Crippen LogP contribution in [-0.4, -0.2) is 30.6 Å².